The van der Waals surface area contributed by atoms with Gasteiger partial charge in [-0.25, -0.2) is 0 Å². The van der Waals surface area contributed by atoms with E-state index in [1.54, 1.807) is 24.3 Å². The van der Waals surface area contributed by atoms with Crippen LogP contribution in [0.5, 0.6) is 0 Å². The molecule has 1 aliphatic heterocycles. The van der Waals surface area contributed by atoms with E-state index in [0.29, 0.717) is 16.5 Å². The number of nitrogens with one attached hydrogen (secondary N) is 1. The number of benzene rings is 3. The molecule has 0 radical (unpaired) electrons. The first-order chi connectivity index (χ1) is 13.5. The van der Waals surface area contributed by atoms with Gasteiger partial charge < -0.3 is 5.32 Å². The Hall–Kier alpha value is -3.47. The topological polar surface area (TPSA) is 66.5 Å². The molecule has 1 heterocycles. The molecule has 0 aliphatic carbocycles. The lowest BCUT2D eigenvalue weighted by molar-refractivity contribution is -0.116. The molecular formula is C23H20N2O3. The zero-order valence-electron chi connectivity index (χ0n) is 15.8. The lowest BCUT2D eigenvalue weighted by Crippen LogP contribution is -2.41. The Kier molecular flexibility index (Phi) is 4.43. The van der Waals surface area contributed by atoms with Crippen LogP contribution in [0.2, 0.25) is 0 Å². The quantitative estimate of drug-likeness (QED) is 0.702. The Balaban J connectivity index is 1.54. The predicted molar refractivity (Wildman–Crippen MR) is 108 cm³/mol. The molecule has 3 amide bonds. The smallest absolute Gasteiger partial charge is 0.261 e. The van der Waals surface area contributed by atoms with Gasteiger partial charge in [0.05, 0.1) is 0 Å². The second kappa shape index (κ2) is 6.93. The second-order valence-corrected chi connectivity index (χ2v) is 7.04. The third-order valence-corrected chi connectivity index (χ3v) is 5.16. The molecule has 0 spiro atoms. The summed E-state index contributed by atoms with van der Waals surface area (Å²) in [5.74, 6) is -0.932. The van der Waals surface area contributed by atoms with Crippen molar-refractivity contribution >= 4 is 34.2 Å². The average molecular weight is 372 g/mol. The number of carbonyl (C=O) groups excluding carboxylic acids is 3. The molecule has 4 rings (SSSR count). The molecule has 3 aromatic carbocycles. The molecule has 0 atom stereocenters. The summed E-state index contributed by atoms with van der Waals surface area (Å²) in [7, 11) is 0. The molecule has 5 nitrogen and oxygen atoms in total. The van der Waals surface area contributed by atoms with Crippen molar-refractivity contribution in [3.8, 4) is 0 Å². The third-order valence-electron chi connectivity index (χ3n) is 5.16. The Morgan fingerprint density at radius 3 is 1.96 bits per heavy atom. The van der Waals surface area contributed by atoms with Gasteiger partial charge in [0, 0.05) is 35.2 Å². The van der Waals surface area contributed by atoms with Crippen molar-refractivity contribution in [1.29, 1.82) is 0 Å². The second-order valence-electron chi connectivity index (χ2n) is 7.04. The van der Waals surface area contributed by atoms with Crippen LogP contribution in [0.15, 0.2) is 54.6 Å². The molecule has 1 aliphatic rings. The first-order valence-electron chi connectivity index (χ1n) is 9.21. The highest BCUT2D eigenvalue weighted by molar-refractivity contribution is 6.25. The predicted octanol–water partition coefficient (Wildman–Crippen LogP) is 4.08. The van der Waals surface area contributed by atoms with Gasteiger partial charge in [-0.2, -0.15) is 0 Å². The number of aryl methyl sites for hydroxylation is 2. The van der Waals surface area contributed by atoms with E-state index in [-0.39, 0.29) is 30.7 Å². The molecule has 0 aromatic heterocycles. The van der Waals surface area contributed by atoms with Crippen molar-refractivity contribution in [1.82, 2.24) is 4.90 Å². The molecular weight excluding hydrogens is 352 g/mol. The maximum absolute atomic E-state index is 12.9. The number of para-hydroxylation sites is 1. The third kappa shape index (κ3) is 2.95. The standard InChI is InChI=1S/C23H20N2O3/c1-14-6-3-7-15(2)21(14)24-19(26)12-13-25-22(27)17-10-4-8-16-9-5-11-18(20(16)17)23(25)28/h3-11H,12-13H2,1-2H3,(H,24,26). The molecule has 3 aromatic rings. The first-order valence-corrected chi connectivity index (χ1v) is 9.21. The SMILES string of the molecule is Cc1cccc(C)c1NC(=O)CCN1C(=O)c2cccc3cccc(c23)C1=O. The summed E-state index contributed by atoms with van der Waals surface area (Å²) in [6.45, 7) is 3.90. The molecule has 0 unspecified atom stereocenters. The number of amides is 3. The van der Waals surface area contributed by atoms with E-state index in [1.165, 1.54) is 4.90 Å². The molecule has 28 heavy (non-hydrogen) atoms. The number of carbonyl (C=O) groups is 3. The number of anilines is 1. The average Bonchev–Trinajstić information content (AvgIpc) is 2.69. The number of rotatable bonds is 4. The molecule has 140 valence electrons. The lowest BCUT2D eigenvalue weighted by Gasteiger charge is -2.27. The summed E-state index contributed by atoms with van der Waals surface area (Å²) in [6.07, 6.45) is 0.0450. The maximum atomic E-state index is 12.9. The van der Waals surface area contributed by atoms with E-state index < -0.39 is 0 Å². The van der Waals surface area contributed by atoms with Crippen LogP contribution < -0.4 is 5.32 Å². The summed E-state index contributed by atoms with van der Waals surface area (Å²) in [5, 5.41) is 4.45. The number of hydrogen-bond acceptors (Lipinski definition) is 3. The Morgan fingerprint density at radius 2 is 1.39 bits per heavy atom. The number of nitrogens with zero attached hydrogens (tertiary/aromatic N) is 1. The normalized spacial score (nSPS) is 13.1. The van der Waals surface area contributed by atoms with E-state index in [1.807, 2.05) is 44.2 Å². The van der Waals surface area contributed by atoms with Crippen molar-refractivity contribution in [3.05, 3.63) is 76.9 Å². The minimum Gasteiger partial charge on any atom is -0.326 e. The fourth-order valence-electron chi connectivity index (χ4n) is 3.71. The zero-order chi connectivity index (χ0) is 19.8. The van der Waals surface area contributed by atoms with Crippen LogP contribution in [0.1, 0.15) is 38.3 Å². The minimum absolute atomic E-state index is 0.0408. The van der Waals surface area contributed by atoms with Crippen LogP contribution >= 0.6 is 0 Å². The summed E-state index contributed by atoms with van der Waals surface area (Å²) in [5.41, 5.74) is 3.72. The van der Waals surface area contributed by atoms with Gasteiger partial charge in [0.2, 0.25) is 5.91 Å². The Morgan fingerprint density at radius 1 is 0.857 bits per heavy atom. The lowest BCUT2D eigenvalue weighted by atomic mass is 9.94. The van der Waals surface area contributed by atoms with E-state index in [9.17, 15) is 14.4 Å². The van der Waals surface area contributed by atoms with Gasteiger partial charge >= 0.3 is 0 Å². The first kappa shape index (κ1) is 17.9. The molecule has 0 saturated heterocycles. The molecule has 0 fully saturated rings. The molecule has 0 saturated carbocycles. The van der Waals surface area contributed by atoms with E-state index in [2.05, 4.69) is 5.32 Å². The highest BCUT2D eigenvalue weighted by Crippen LogP contribution is 2.30. The van der Waals surface area contributed by atoms with Crippen molar-refractivity contribution in [2.24, 2.45) is 0 Å². The fraction of sp³-hybridized carbons (Fsp3) is 0.174. The van der Waals surface area contributed by atoms with Crippen LogP contribution in [0.25, 0.3) is 10.8 Å². The van der Waals surface area contributed by atoms with Crippen LogP contribution in [-0.2, 0) is 4.79 Å². The van der Waals surface area contributed by atoms with Crippen LogP contribution in [0.4, 0.5) is 5.69 Å². The number of imide groups is 1. The van der Waals surface area contributed by atoms with Gasteiger partial charge in [-0.15, -0.1) is 0 Å². The highest BCUT2D eigenvalue weighted by Gasteiger charge is 2.32. The summed E-state index contributed by atoms with van der Waals surface area (Å²) in [4.78, 5) is 39.3. The van der Waals surface area contributed by atoms with Gasteiger partial charge in [-0.05, 0) is 42.5 Å². The summed E-state index contributed by atoms with van der Waals surface area (Å²) >= 11 is 0. The van der Waals surface area contributed by atoms with Crippen LogP contribution in [0, 0.1) is 13.8 Å². The van der Waals surface area contributed by atoms with Gasteiger partial charge in [0.1, 0.15) is 0 Å². The fourth-order valence-corrected chi connectivity index (χ4v) is 3.71. The zero-order valence-corrected chi connectivity index (χ0v) is 15.8. The van der Waals surface area contributed by atoms with Crippen molar-refractivity contribution in [3.63, 3.8) is 0 Å². The largest absolute Gasteiger partial charge is 0.326 e. The Bertz CT molecular complexity index is 1060. The summed E-state index contributed by atoms with van der Waals surface area (Å²) in [6, 6.07) is 16.6. The highest BCUT2D eigenvalue weighted by atomic mass is 16.2. The van der Waals surface area contributed by atoms with Crippen molar-refractivity contribution in [2.45, 2.75) is 20.3 Å². The van der Waals surface area contributed by atoms with Crippen LogP contribution in [-0.4, -0.2) is 29.2 Å². The van der Waals surface area contributed by atoms with E-state index in [4.69, 9.17) is 0 Å². The number of hydrogen-bond donors (Lipinski definition) is 1. The Labute approximate surface area is 163 Å². The van der Waals surface area contributed by atoms with E-state index >= 15 is 0 Å². The van der Waals surface area contributed by atoms with Gasteiger partial charge in [-0.1, -0.05) is 42.5 Å². The van der Waals surface area contributed by atoms with Crippen molar-refractivity contribution in [2.75, 3.05) is 11.9 Å². The minimum atomic E-state index is -0.353. The van der Waals surface area contributed by atoms with Gasteiger partial charge in [0.25, 0.3) is 11.8 Å². The van der Waals surface area contributed by atoms with Gasteiger partial charge in [0.15, 0.2) is 0 Å². The summed E-state index contributed by atoms with van der Waals surface area (Å²) < 4.78 is 0. The molecule has 5 heteroatoms. The maximum Gasteiger partial charge on any atom is 0.261 e. The molecule has 1 N–H and O–H groups in total. The van der Waals surface area contributed by atoms with Gasteiger partial charge in [-0.3, -0.25) is 19.3 Å². The van der Waals surface area contributed by atoms with Crippen LogP contribution in [0.3, 0.4) is 0 Å². The van der Waals surface area contributed by atoms with E-state index in [0.717, 1.165) is 22.2 Å². The van der Waals surface area contributed by atoms with Crippen molar-refractivity contribution < 1.29 is 14.4 Å². The molecule has 0 bridgehead atoms. The monoisotopic (exact) mass is 372 g/mol.